The molecule has 0 spiro atoms. The summed E-state index contributed by atoms with van der Waals surface area (Å²) in [5.74, 6) is 0.696. The van der Waals surface area contributed by atoms with Crippen LogP contribution in [0.4, 0.5) is 5.69 Å². The third-order valence-electron chi connectivity index (χ3n) is 4.86. The molecular formula is C21H20N2O3S2. The number of H-pyrrole nitrogens is 1. The molecule has 0 radical (unpaired) electrons. The van der Waals surface area contributed by atoms with Gasteiger partial charge in [-0.3, -0.25) is 9.59 Å². The first-order valence-electron chi connectivity index (χ1n) is 8.93. The van der Waals surface area contributed by atoms with Gasteiger partial charge < -0.3 is 15.0 Å². The van der Waals surface area contributed by atoms with Crippen molar-refractivity contribution in [2.45, 2.75) is 17.9 Å². The van der Waals surface area contributed by atoms with Crippen molar-refractivity contribution in [1.82, 2.24) is 4.98 Å². The van der Waals surface area contributed by atoms with E-state index in [0.717, 1.165) is 32.5 Å². The van der Waals surface area contributed by atoms with Crippen LogP contribution in [-0.4, -0.2) is 23.8 Å². The van der Waals surface area contributed by atoms with Gasteiger partial charge in [-0.2, -0.15) is 0 Å². The number of hydrogen-bond donors (Lipinski definition) is 2. The minimum Gasteiger partial charge on any atom is -0.496 e. The Morgan fingerprint density at radius 3 is 2.68 bits per heavy atom. The van der Waals surface area contributed by atoms with Gasteiger partial charge in [-0.1, -0.05) is 47.2 Å². The highest BCUT2D eigenvalue weighted by Gasteiger charge is 2.39. The average Bonchev–Trinajstić information content (AvgIpc) is 3.09. The highest BCUT2D eigenvalue weighted by molar-refractivity contribution is 7.99. The molecule has 2 N–H and O–H groups in total. The average molecular weight is 413 g/mol. The second-order valence-corrected chi connectivity index (χ2v) is 8.75. The molecule has 1 aliphatic rings. The molecule has 7 heteroatoms. The molecule has 4 rings (SSSR count). The summed E-state index contributed by atoms with van der Waals surface area (Å²) >= 11 is 2.70. The van der Waals surface area contributed by atoms with Crippen molar-refractivity contribution in [3.05, 3.63) is 74.2 Å². The summed E-state index contributed by atoms with van der Waals surface area (Å²) in [5, 5.41) is 3.89. The van der Waals surface area contributed by atoms with Crippen molar-refractivity contribution < 1.29 is 9.53 Å². The van der Waals surface area contributed by atoms with E-state index < -0.39 is 0 Å². The quantitative estimate of drug-likeness (QED) is 0.672. The molecule has 2 unspecified atom stereocenters. The molecule has 2 heterocycles. The summed E-state index contributed by atoms with van der Waals surface area (Å²) in [5.41, 5.74) is 2.83. The molecule has 0 bridgehead atoms. The van der Waals surface area contributed by atoms with Gasteiger partial charge in [0.2, 0.25) is 5.91 Å². The monoisotopic (exact) mass is 412 g/mol. The molecule has 3 aromatic rings. The number of carbonyl (C=O) groups excluding carboxylic acids is 1. The summed E-state index contributed by atoms with van der Waals surface area (Å²) in [7, 11) is 1.62. The zero-order valence-electron chi connectivity index (χ0n) is 15.5. The van der Waals surface area contributed by atoms with E-state index in [2.05, 4.69) is 10.3 Å². The number of rotatable bonds is 4. The summed E-state index contributed by atoms with van der Waals surface area (Å²) in [6.07, 6.45) is 0. The topological polar surface area (TPSA) is 71.2 Å². The number of carbonyl (C=O) groups is 1. The smallest absolute Gasteiger partial charge is 0.305 e. The Hall–Kier alpha value is -2.51. The number of methoxy groups -OCH3 is 1. The van der Waals surface area contributed by atoms with Crippen LogP contribution in [0.1, 0.15) is 21.9 Å². The second kappa shape index (κ2) is 7.85. The molecule has 0 fully saturated rings. The van der Waals surface area contributed by atoms with Gasteiger partial charge in [0.1, 0.15) is 5.75 Å². The highest BCUT2D eigenvalue weighted by atomic mass is 32.2. The number of thioether (sulfide) groups is 1. The number of thiazole rings is 1. The normalized spacial score (nSPS) is 18.4. The number of ether oxygens (including phenoxy) is 1. The number of benzene rings is 2. The zero-order chi connectivity index (χ0) is 19.7. The zero-order valence-corrected chi connectivity index (χ0v) is 17.2. The molecule has 1 aromatic heterocycles. The number of aryl methyl sites for hydroxylation is 1. The van der Waals surface area contributed by atoms with Gasteiger partial charge in [0.05, 0.1) is 18.1 Å². The third-order valence-corrected chi connectivity index (χ3v) is 7.10. The first-order valence-corrected chi connectivity index (χ1v) is 10.7. The van der Waals surface area contributed by atoms with Crippen molar-refractivity contribution in [2.75, 3.05) is 18.2 Å². The number of aromatic nitrogens is 1. The van der Waals surface area contributed by atoms with Crippen molar-refractivity contribution in [3.8, 4) is 5.75 Å². The van der Waals surface area contributed by atoms with E-state index in [4.69, 9.17) is 4.74 Å². The van der Waals surface area contributed by atoms with E-state index in [0.29, 0.717) is 5.75 Å². The lowest BCUT2D eigenvalue weighted by Crippen LogP contribution is -2.32. The van der Waals surface area contributed by atoms with E-state index in [-0.39, 0.29) is 22.6 Å². The van der Waals surface area contributed by atoms with E-state index in [1.54, 1.807) is 7.11 Å². The molecule has 144 valence electrons. The van der Waals surface area contributed by atoms with Gasteiger partial charge >= 0.3 is 4.87 Å². The fourth-order valence-corrected chi connectivity index (χ4v) is 5.88. The van der Waals surface area contributed by atoms with Crippen LogP contribution in [-0.2, 0) is 4.79 Å². The number of anilines is 1. The molecule has 2 aromatic carbocycles. The molecular weight excluding hydrogens is 392 g/mol. The first-order chi connectivity index (χ1) is 13.6. The van der Waals surface area contributed by atoms with Gasteiger partial charge in [-0.15, -0.1) is 11.8 Å². The van der Waals surface area contributed by atoms with Crippen LogP contribution in [0, 0.1) is 12.8 Å². The van der Waals surface area contributed by atoms with Crippen molar-refractivity contribution in [2.24, 2.45) is 5.92 Å². The Morgan fingerprint density at radius 2 is 1.93 bits per heavy atom. The Morgan fingerprint density at radius 1 is 1.18 bits per heavy atom. The predicted molar refractivity (Wildman–Crippen MR) is 114 cm³/mol. The second-order valence-electron chi connectivity index (χ2n) is 6.70. The number of para-hydroxylation sites is 1. The lowest BCUT2D eigenvalue weighted by Gasteiger charge is -2.31. The van der Waals surface area contributed by atoms with E-state index >= 15 is 0 Å². The minimum atomic E-state index is -0.318. The fraction of sp³-hybridized carbons (Fsp3) is 0.238. The van der Waals surface area contributed by atoms with E-state index in [1.165, 1.54) is 23.1 Å². The van der Waals surface area contributed by atoms with Crippen LogP contribution >= 0.6 is 23.1 Å². The number of amides is 1. The maximum Gasteiger partial charge on any atom is 0.305 e. The maximum absolute atomic E-state index is 13.2. The Bertz CT molecular complexity index is 1060. The highest BCUT2D eigenvalue weighted by Crippen LogP contribution is 2.47. The van der Waals surface area contributed by atoms with Gasteiger partial charge in [-0.05, 0) is 25.1 Å². The van der Waals surface area contributed by atoms with Crippen LogP contribution in [0.25, 0.3) is 0 Å². The van der Waals surface area contributed by atoms with Gasteiger partial charge in [0.15, 0.2) is 0 Å². The third kappa shape index (κ3) is 3.59. The summed E-state index contributed by atoms with van der Waals surface area (Å²) in [6.45, 7) is 2.01. The van der Waals surface area contributed by atoms with E-state index in [1.807, 2.05) is 55.5 Å². The Labute approximate surface area is 171 Å². The molecule has 1 aliphatic heterocycles. The maximum atomic E-state index is 13.2. The summed E-state index contributed by atoms with van der Waals surface area (Å²) in [4.78, 5) is 28.9. The van der Waals surface area contributed by atoms with Crippen molar-refractivity contribution in [3.63, 3.8) is 0 Å². The largest absolute Gasteiger partial charge is 0.496 e. The van der Waals surface area contributed by atoms with Crippen LogP contribution < -0.4 is 14.9 Å². The molecule has 5 nitrogen and oxygen atoms in total. The van der Waals surface area contributed by atoms with Crippen LogP contribution in [0.5, 0.6) is 5.75 Å². The van der Waals surface area contributed by atoms with E-state index in [9.17, 15) is 9.59 Å². The molecule has 0 saturated heterocycles. The number of fused-ring (bicyclic) bond motifs is 1. The van der Waals surface area contributed by atoms with Crippen LogP contribution in [0.2, 0.25) is 0 Å². The number of aromatic amines is 1. The molecule has 2 atom stereocenters. The summed E-state index contributed by atoms with van der Waals surface area (Å²) in [6, 6.07) is 15.5. The van der Waals surface area contributed by atoms with Gasteiger partial charge in [0, 0.05) is 27.8 Å². The molecule has 0 saturated carbocycles. The molecule has 0 aliphatic carbocycles. The van der Waals surface area contributed by atoms with Crippen molar-refractivity contribution in [1.29, 1.82) is 0 Å². The summed E-state index contributed by atoms with van der Waals surface area (Å²) < 4.78 is 5.56. The minimum absolute atomic E-state index is 0.0567. The Balaban J connectivity index is 1.73. The predicted octanol–water partition coefficient (Wildman–Crippen LogP) is 4.25. The van der Waals surface area contributed by atoms with Crippen molar-refractivity contribution >= 4 is 34.7 Å². The fourth-order valence-electron chi connectivity index (χ4n) is 3.47. The SMILES string of the molecule is COc1ccccc1C1c2sc(=O)[nH]c2SCC1C(=O)Nc1ccc(C)cc1. The molecule has 1 amide bonds. The van der Waals surface area contributed by atoms with Crippen LogP contribution in [0.3, 0.4) is 0 Å². The Kier molecular flexibility index (Phi) is 5.28. The van der Waals surface area contributed by atoms with Gasteiger partial charge in [-0.25, -0.2) is 0 Å². The van der Waals surface area contributed by atoms with Crippen LogP contribution in [0.15, 0.2) is 58.4 Å². The first kappa shape index (κ1) is 18.8. The number of nitrogens with one attached hydrogen (secondary N) is 2. The molecule has 28 heavy (non-hydrogen) atoms. The lowest BCUT2D eigenvalue weighted by molar-refractivity contribution is -0.119. The standard InChI is InChI=1S/C21H20N2O3S2/c1-12-7-9-13(10-8-12)22-19(24)15-11-27-20-18(28-21(25)23-20)17(15)14-5-3-4-6-16(14)26-2/h3-10,15,17H,11H2,1-2H3,(H,22,24)(H,23,25). The lowest BCUT2D eigenvalue weighted by atomic mass is 9.84. The number of hydrogen-bond acceptors (Lipinski definition) is 5. The van der Waals surface area contributed by atoms with Gasteiger partial charge in [0.25, 0.3) is 0 Å².